The standard InChI is InChI=1S/C12H10N2O3/c1-3-8(15)13-10-6(2)4-5-7-9(10)12(17)14-11(7)16/h3-5H,1H2,2H3,(H,13,15)(H,14,16,17). The van der Waals surface area contributed by atoms with Gasteiger partial charge in [-0.2, -0.15) is 0 Å². The SMILES string of the molecule is C=CC(=O)Nc1c(C)ccc2c1C(=O)NC2=O. The fourth-order valence-corrected chi connectivity index (χ4v) is 1.70. The minimum Gasteiger partial charge on any atom is -0.322 e. The molecule has 5 nitrogen and oxygen atoms in total. The summed E-state index contributed by atoms with van der Waals surface area (Å²) in [4.78, 5) is 34.3. The van der Waals surface area contributed by atoms with Gasteiger partial charge in [0.15, 0.2) is 0 Å². The van der Waals surface area contributed by atoms with Crippen LogP contribution < -0.4 is 10.6 Å². The molecule has 5 heteroatoms. The van der Waals surface area contributed by atoms with Crippen molar-refractivity contribution in [1.29, 1.82) is 0 Å². The maximum Gasteiger partial charge on any atom is 0.261 e. The first-order valence-electron chi connectivity index (χ1n) is 4.97. The van der Waals surface area contributed by atoms with E-state index in [1.807, 2.05) is 0 Å². The number of carbonyl (C=O) groups is 3. The summed E-state index contributed by atoms with van der Waals surface area (Å²) in [5.74, 6) is -1.36. The topological polar surface area (TPSA) is 75.3 Å². The molecular formula is C12H10N2O3. The molecule has 0 unspecified atom stereocenters. The van der Waals surface area contributed by atoms with Crippen molar-refractivity contribution in [2.75, 3.05) is 5.32 Å². The van der Waals surface area contributed by atoms with Crippen molar-refractivity contribution in [3.8, 4) is 0 Å². The molecule has 0 spiro atoms. The van der Waals surface area contributed by atoms with Gasteiger partial charge in [0, 0.05) is 0 Å². The lowest BCUT2D eigenvalue weighted by molar-refractivity contribution is -0.111. The summed E-state index contributed by atoms with van der Waals surface area (Å²) in [5, 5.41) is 4.73. The monoisotopic (exact) mass is 230 g/mol. The van der Waals surface area contributed by atoms with Crippen molar-refractivity contribution in [2.24, 2.45) is 0 Å². The number of nitrogens with one attached hydrogen (secondary N) is 2. The second-order valence-corrected chi connectivity index (χ2v) is 3.66. The van der Waals surface area contributed by atoms with E-state index in [4.69, 9.17) is 0 Å². The Morgan fingerprint density at radius 3 is 2.71 bits per heavy atom. The molecule has 1 aromatic rings. The fourth-order valence-electron chi connectivity index (χ4n) is 1.70. The van der Waals surface area contributed by atoms with E-state index in [1.54, 1.807) is 19.1 Å². The number of fused-ring (bicyclic) bond motifs is 1. The number of hydrogen-bond acceptors (Lipinski definition) is 3. The Kier molecular flexibility index (Phi) is 2.51. The van der Waals surface area contributed by atoms with Gasteiger partial charge < -0.3 is 5.32 Å². The molecule has 0 bridgehead atoms. The highest BCUT2D eigenvalue weighted by Gasteiger charge is 2.30. The van der Waals surface area contributed by atoms with Gasteiger partial charge in [0.05, 0.1) is 16.8 Å². The van der Waals surface area contributed by atoms with Gasteiger partial charge in [0.25, 0.3) is 11.8 Å². The minimum absolute atomic E-state index is 0.213. The number of hydrogen-bond donors (Lipinski definition) is 2. The lowest BCUT2D eigenvalue weighted by atomic mass is 10.0. The fraction of sp³-hybridized carbons (Fsp3) is 0.0833. The third-order valence-corrected chi connectivity index (χ3v) is 2.55. The van der Waals surface area contributed by atoms with Crippen LogP contribution in [0.2, 0.25) is 0 Å². The molecule has 1 aliphatic heterocycles. The second kappa shape index (κ2) is 3.86. The molecule has 0 atom stereocenters. The van der Waals surface area contributed by atoms with Crippen LogP contribution in [0.1, 0.15) is 26.3 Å². The highest BCUT2D eigenvalue weighted by Crippen LogP contribution is 2.27. The Balaban J connectivity index is 2.59. The number of amides is 3. The Morgan fingerprint density at radius 2 is 2.06 bits per heavy atom. The molecule has 0 aromatic heterocycles. The summed E-state index contributed by atoms with van der Waals surface area (Å²) < 4.78 is 0. The highest BCUT2D eigenvalue weighted by atomic mass is 16.2. The number of rotatable bonds is 2. The maximum atomic E-state index is 11.6. The maximum absolute atomic E-state index is 11.6. The normalized spacial score (nSPS) is 13.0. The first kappa shape index (κ1) is 11.1. The third kappa shape index (κ3) is 1.71. The Morgan fingerprint density at radius 1 is 1.35 bits per heavy atom. The number of anilines is 1. The molecule has 0 saturated heterocycles. The Hall–Kier alpha value is -2.43. The molecule has 1 aliphatic rings. The Labute approximate surface area is 97.5 Å². The van der Waals surface area contributed by atoms with Gasteiger partial charge in [0.2, 0.25) is 5.91 Å². The molecule has 2 N–H and O–H groups in total. The van der Waals surface area contributed by atoms with Crippen LogP contribution >= 0.6 is 0 Å². The van der Waals surface area contributed by atoms with Crippen molar-refractivity contribution in [2.45, 2.75) is 6.92 Å². The van der Waals surface area contributed by atoms with E-state index in [0.717, 1.165) is 6.08 Å². The van der Waals surface area contributed by atoms with Crippen LogP contribution in [0, 0.1) is 6.92 Å². The summed E-state index contributed by atoms with van der Waals surface area (Å²) in [6, 6.07) is 3.24. The summed E-state index contributed by atoms with van der Waals surface area (Å²) in [6.07, 6.45) is 1.10. The third-order valence-electron chi connectivity index (χ3n) is 2.55. The van der Waals surface area contributed by atoms with E-state index in [0.29, 0.717) is 11.3 Å². The molecule has 17 heavy (non-hydrogen) atoms. The van der Waals surface area contributed by atoms with Gasteiger partial charge in [-0.15, -0.1) is 0 Å². The predicted molar refractivity (Wildman–Crippen MR) is 61.8 cm³/mol. The van der Waals surface area contributed by atoms with Gasteiger partial charge in [-0.1, -0.05) is 12.6 Å². The van der Waals surface area contributed by atoms with Crippen LogP contribution in [-0.4, -0.2) is 17.7 Å². The van der Waals surface area contributed by atoms with Crippen molar-refractivity contribution >= 4 is 23.4 Å². The van der Waals surface area contributed by atoms with Crippen molar-refractivity contribution < 1.29 is 14.4 Å². The minimum atomic E-state index is -0.493. The van der Waals surface area contributed by atoms with E-state index in [2.05, 4.69) is 17.2 Å². The summed E-state index contributed by atoms with van der Waals surface area (Å²) >= 11 is 0. The van der Waals surface area contributed by atoms with Gasteiger partial charge in [-0.3, -0.25) is 19.7 Å². The van der Waals surface area contributed by atoms with Crippen molar-refractivity contribution in [3.05, 3.63) is 41.5 Å². The molecule has 2 rings (SSSR count). The number of benzene rings is 1. The molecule has 0 fully saturated rings. The average molecular weight is 230 g/mol. The van der Waals surface area contributed by atoms with E-state index >= 15 is 0 Å². The van der Waals surface area contributed by atoms with Crippen molar-refractivity contribution in [1.82, 2.24) is 5.32 Å². The molecule has 0 saturated carbocycles. The highest BCUT2D eigenvalue weighted by molar-refractivity contribution is 6.25. The molecule has 3 amide bonds. The second-order valence-electron chi connectivity index (χ2n) is 3.66. The zero-order valence-electron chi connectivity index (χ0n) is 9.16. The van der Waals surface area contributed by atoms with E-state index in [-0.39, 0.29) is 11.1 Å². The Bertz CT molecular complexity index is 561. The largest absolute Gasteiger partial charge is 0.322 e. The van der Waals surface area contributed by atoms with Crippen molar-refractivity contribution in [3.63, 3.8) is 0 Å². The van der Waals surface area contributed by atoms with Crippen LogP contribution in [0.3, 0.4) is 0 Å². The molecular weight excluding hydrogens is 220 g/mol. The van der Waals surface area contributed by atoms with E-state index in [9.17, 15) is 14.4 Å². The van der Waals surface area contributed by atoms with E-state index in [1.165, 1.54) is 0 Å². The molecule has 1 heterocycles. The lowest BCUT2D eigenvalue weighted by Crippen LogP contribution is -2.20. The van der Waals surface area contributed by atoms with Gasteiger partial charge >= 0.3 is 0 Å². The smallest absolute Gasteiger partial charge is 0.261 e. The van der Waals surface area contributed by atoms with Crippen LogP contribution in [0.25, 0.3) is 0 Å². The quantitative estimate of drug-likeness (QED) is 0.588. The first-order valence-corrected chi connectivity index (χ1v) is 4.97. The van der Waals surface area contributed by atoms with E-state index < -0.39 is 17.7 Å². The molecule has 0 radical (unpaired) electrons. The van der Waals surface area contributed by atoms with Crippen LogP contribution in [0.4, 0.5) is 5.69 Å². The van der Waals surface area contributed by atoms with Gasteiger partial charge in [-0.25, -0.2) is 0 Å². The molecule has 86 valence electrons. The average Bonchev–Trinajstić information content (AvgIpc) is 2.58. The summed E-state index contributed by atoms with van der Waals surface area (Å²) in [6.45, 7) is 5.08. The summed E-state index contributed by atoms with van der Waals surface area (Å²) in [7, 11) is 0. The lowest BCUT2D eigenvalue weighted by Gasteiger charge is -2.09. The predicted octanol–water partition coefficient (Wildman–Crippen LogP) is 1.00. The number of aryl methyl sites for hydroxylation is 1. The zero-order valence-corrected chi connectivity index (χ0v) is 9.16. The van der Waals surface area contributed by atoms with Gasteiger partial charge in [0.1, 0.15) is 0 Å². The van der Waals surface area contributed by atoms with Crippen LogP contribution in [0.15, 0.2) is 24.8 Å². The molecule has 1 aromatic carbocycles. The number of imide groups is 1. The van der Waals surface area contributed by atoms with Crippen LogP contribution in [-0.2, 0) is 4.79 Å². The molecule has 0 aliphatic carbocycles. The zero-order chi connectivity index (χ0) is 12.6. The van der Waals surface area contributed by atoms with Gasteiger partial charge in [-0.05, 0) is 24.6 Å². The first-order chi connectivity index (χ1) is 8.04. The van der Waals surface area contributed by atoms with Crippen LogP contribution in [0.5, 0.6) is 0 Å². The summed E-state index contributed by atoms with van der Waals surface area (Å²) in [5.41, 5.74) is 1.56. The number of carbonyl (C=O) groups excluding carboxylic acids is 3.